The molecule has 1 aliphatic rings. The molecule has 118 valence electrons. The van der Waals surface area contributed by atoms with Crippen LogP contribution in [-0.2, 0) is 0 Å². The number of nitrogens with zero attached hydrogens (tertiary/aromatic N) is 2. The number of benzene rings is 2. The van der Waals surface area contributed by atoms with E-state index in [4.69, 9.17) is 11.6 Å². The van der Waals surface area contributed by atoms with Crippen molar-refractivity contribution in [2.45, 2.75) is 13.8 Å². The fraction of sp³-hybridized carbons (Fsp3) is 0.222. The van der Waals surface area contributed by atoms with Crippen LogP contribution in [0.3, 0.4) is 0 Å². The van der Waals surface area contributed by atoms with Crippen LogP contribution in [0.25, 0.3) is 0 Å². The summed E-state index contributed by atoms with van der Waals surface area (Å²) in [5, 5.41) is 0.530. The van der Waals surface area contributed by atoms with Gasteiger partial charge < -0.3 is 4.90 Å². The Balaban J connectivity index is 2.16. The highest BCUT2D eigenvalue weighted by molar-refractivity contribution is 6.38. The second-order valence-electron chi connectivity index (χ2n) is 5.27. The SMILES string of the molecule is CCN(CC)c1c(Cl)cccc1N1C(=O)c2ccccc2C1=O. The quantitative estimate of drug-likeness (QED) is 0.797. The molecule has 0 aromatic heterocycles. The zero-order chi connectivity index (χ0) is 16.6. The molecule has 0 atom stereocenters. The molecule has 0 N–H and O–H groups in total. The van der Waals surface area contributed by atoms with Gasteiger partial charge in [0.1, 0.15) is 0 Å². The van der Waals surface area contributed by atoms with Crippen LogP contribution in [0.4, 0.5) is 11.4 Å². The monoisotopic (exact) mass is 328 g/mol. The van der Waals surface area contributed by atoms with Crippen molar-refractivity contribution in [2.75, 3.05) is 22.9 Å². The molecule has 0 aliphatic carbocycles. The first-order valence-electron chi connectivity index (χ1n) is 7.61. The summed E-state index contributed by atoms with van der Waals surface area (Å²) in [6, 6.07) is 12.2. The minimum Gasteiger partial charge on any atom is -0.369 e. The summed E-state index contributed by atoms with van der Waals surface area (Å²) in [4.78, 5) is 28.7. The summed E-state index contributed by atoms with van der Waals surface area (Å²) in [5.41, 5.74) is 2.12. The van der Waals surface area contributed by atoms with Crippen LogP contribution in [0, 0.1) is 0 Å². The normalized spacial score (nSPS) is 13.4. The van der Waals surface area contributed by atoms with Crippen LogP contribution in [-0.4, -0.2) is 24.9 Å². The molecule has 3 rings (SSSR count). The van der Waals surface area contributed by atoms with Gasteiger partial charge in [-0.15, -0.1) is 0 Å². The first kappa shape index (κ1) is 15.6. The maximum absolute atomic E-state index is 12.7. The van der Waals surface area contributed by atoms with E-state index in [1.165, 1.54) is 4.90 Å². The number of hydrogen-bond acceptors (Lipinski definition) is 3. The van der Waals surface area contributed by atoms with Crippen molar-refractivity contribution in [1.82, 2.24) is 0 Å². The summed E-state index contributed by atoms with van der Waals surface area (Å²) in [6.07, 6.45) is 0. The zero-order valence-electron chi connectivity index (χ0n) is 13.0. The highest BCUT2D eigenvalue weighted by atomic mass is 35.5. The Morgan fingerprint density at radius 1 is 0.913 bits per heavy atom. The highest BCUT2D eigenvalue weighted by Gasteiger charge is 2.38. The van der Waals surface area contributed by atoms with Crippen LogP contribution < -0.4 is 9.80 Å². The number of para-hydroxylation sites is 1. The van der Waals surface area contributed by atoms with Crippen molar-refractivity contribution in [3.05, 3.63) is 58.6 Å². The van der Waals surface area contributed by atoms with Gasteiger partial charge in [0.05, 0.1) is 27.5 Å². The zero-order valence-corrected chi connectivity index (χ0v) is 13.8. The van der Waals surface area contributed by atoms with E-state index in [-0.39, 0.29) is 11.8 Å². The predicted octanol–water partition coefficient (Wildman–Crippen LogP) is 3.99. The maximum Gasteiger partial charge on any atom is 0.266 e. The van der Waals surface area contributed by atoms with Crippen LogP contribution in [0.1, 0.15) is 34.6 Å². The molecule has 1 aliphatic heterocycles. The van der Waals surface area contributed by atoms with Crippen molar-refractivity contribution in [3.63, 3.8) is 0 Å². The molecule has 2 aromatic rings. The van der Waals surface area contributed by atoms with Crippen molar-refractivity contribution < 1.29 is 9.59 Å². The molecule has 0 saturated carbocycles. The van der Waals surface area contributed by atoms with Crippen molar-refractivity contribution in [1.29, 1.82) is 0 Å². The summed E-state index contributed by atoms with van der Waals surface area (Å²) < 4.78 is 0. The van der Waals surface area contributed by atoms with E-state index in [0.29, 0.717) is 27.5 Å². The number of rotatable bonds is 4. The first-order valence-corrected chi connectivity index (χ1v) is 7.99. The van der Waals surface area contributed by atoms with Gasteiger partial charge in [-0.2, -0.15) is 0 Å². The third kappa shape index (κ3) is 2.39. The maximum atomic E-state index is 12.7. The fourth-order valence-corrected chi connectivity index (χ4v) is 3.23. The number of hydrogen-bond donors (Lipinski definition) is 0. The number of carbonyl (C=O) groups excluding carboxylic acids is 2. The molecule has 5 heteroatoms. The lowest BCUT2D eigenvalue weighted by atomic mass is 10.1. The number of anilines is 2. The van der Waals surface area contributed by atoms with E-state index < -0.39 is 0 Å². The molecule has 0 saturated heterocycles. The summed E-state index contributed by atoms with van der Waals surface area (Å²) in [7, 11) is 0. The molecule has 23 heavy (non-hydrogen) atoms. The van der Waals surface area contributed by atoms with E-state index in [2.05, 4.69) is 0 Å². The van der Waals surface area contributed by atoms with Gasteiger partial charge in [0.15, 0.2) is 0 Å². The minimum atomic E-state index is -0.304. The fourth-order valence-electron chi connectivity index (χ4n) is 2.95. The average Bonchev–Trinajstić information content (AvgIpc) is 2.82. The summed E-state index contributed by atoms with van der Waals surface area (Å²) in [5.74, 6) is -0.609. The van der Waals surface area contributed by atoms with Gasteiger partial charge in [0, 0.05) is 13.1 Å². The van der Waals surface area contributed by atoms with Gasteiger partial charge in [-0.1, -0.05) is 29.8 Å². The number of imide groups is 1. The Morgan fingerprint density at radius 3 is 2.00 bits per heavy atom. The molecule has 0 fully saturated rings. The molecule has 2 amide bonds. The standard InChI is InChI=1S/C18H17ClN2O2/c1-3-20(4-2)16-14(19)10-7-11-15(16)21-17(22)12-8-5-6-9-13(12)18(21)23/h5-11H,3-4H2,1-2H3. The summed E-state index contributed by atoms with van der Waals surface area (Å²) >= 11 is 6.38. The topological polar surface area (TPSA) is 40.6 Å². The lowest BCUT2D eigenvalue weighted by Crippen LogP contribution is -2.32. The lowest BCUT2D eigenvalue weighted by molar-refractivity contribution is 0.0926. The Hall–Kier alpha value is -2.33. The highest BCUT2D eigenvalue weighted by Crippen LogP contribution is 2.39. The second kappa shape index (κ2) is 6.05. The van der Waals surface area contributed by atoms with E-state index in [1.54, 1.807) is 42.5 Å². The molecular weight excluding hydrogens is 312 g/mol. The van der Waals surface area contributed by atoms with Gasteiger partial charge in [-0.3, -0.25) is 9.59 Å². The Morgan fingerprint density at radius 2 is 1.48 bits per heavy atom. The molecule has 0 radical (unpaired) electrons. The number of amides is 2. The van der Waals surface area contributed by atoms with Gasteiger partial charge in [-0.05, 0) is 38.1 Å². The molecule has 4 nitrogen and oxygen atoms in total. The molecule has 0 bridgehead atoms. The third-order valence-corrected chi connectivity index (χ3v) is 4.39. The average molecular weight is 329 g/mol. The van der Waals surface area contributed by atoms with Crippen molar-refractivity contribution >= 4 is 34.8 Å². The Bertz CT molecular complexity index is 749. The number of fused-ring (bicyclic) bond motifs is 1. The minimum absolute atomic E-state index is 0.304. The molecular formula is C18H17ClN2O2. The van der Waals surface area contributed by atoms with E-state index in [0.717, 1.165) is 13.1 Å². The Labute approximate surface area is 140 Å². The molecule has 1 heterocycles. The van der Waals surface area contributed by atoms with Gasteiger partial charge >= 0.3 is 0 Å². The second-order valence-corrected chi connectivity index (χ2v) is 5.68. The van der Waals surface area contributed by atoms with E-state index in [9.17, 15) is 9.59 Å². The largest absolute Gasteiger partial charge is 0.369 e. The number of halogens is 1. The van der Waals surface area contributed by atoms with Gasteiger partial charge in [0.25, 0.3) is 11.8 Å². The lowest BCUT2D eigenvalue weighted by Gasteiger charge is -2.28. The van der Waals surface area contributed by atoms with Crippen molar-refractivity contribution in [3.8, 4) is 0 Å². The smallest absolute Gasteiger partial charge is 0.266 e. The van der Waals surface area contributed by atoms with Crippen LogP contribution in [0.5, 0.6) is 0 Å². The van der Waals surface area contributed by atoms with Crippen LogP contribution in [0.2, 0.25) is 5.02 Å². The Kier molecular flexibility index (Phi) is 4.09. The van der Waals surface area contributed by atoms with Gasteiger partial charge in [-0.25, -0.2) is 4.90 Å². The summed E-state index contributed by atoms with van der Waals surface area (Å²) in [6.45, 7) is 5.49. The van der Waals surface area contributed by atoms with Gasteiger partial charge in [0.2, 0.25) is 0 Å². The van der Waals surface area contributed by atoms with Crippen LogP contribution >= 0.6 is 11.6 Å². The van der Waals surface area contributed by atoms with Crippen molar-refractivity contribution in [2.24, 2.45) is 0 Å². The molecule has 0 unspecified atom stereocenters. The first-order chi connectivity index (χ1) is 11.1. The molecule has 0 spiro atoms. The molecule has 2 aromatic carbocycles. The number of carbonyl (C=O) groups is 2. The third-order valence-electron chi connectivity index (χ3n) is 4.08. The van der Waals surface area contributed by atoms with Crippen LogP contribution in [0.15, 0.2) is 42.5 Å². The predicted molar refractivity (Wildman–Crippen MR) is 92.6 cm³/mol. The van der Waals surface area contributed by atoms with E-state index >= 15 is 0 Å². The van der Waals surface area contributed by atoms with E-state index in [1.807, 2.05) is 18.7 Å².